The Balaban J connectivity index is 2.66. The topological polar surface area (TPSA) is 43.4 Å². The molecule has 0 amide bonds. The Morgan fingerprint density at radius 2 is 2.14 bits per heavy atom. The number of rotatable bonds is 3. The fourth-order valence-corrected chi connectivity index (χ4v) is 1.46. The van der Waals surface area contributed by atoms with Gasteiger partial charge in [0.2, 0.25) is 0 Å². The quantitative estimate of drug-likeness (QED) is 0.576. The number of allylic oxidation sites excluding steroid dienone is 3. The molecule has 0 aromatic heterocycles. The molecule has 4 heteroatoms. The molecule has 1 aliphatic carbocycles. The molecule has 76 valence electrons. The third-order valence-electron chi connectivity index (χ3n) is 1.85. The van der Waals surface area contributed by atoms with Crippen LogP contribution in [0.3, 0.4) is 0 Å². The number of esters is 1. The lowest BCUT2D eigenvalue weighted by atomic mass is 10.0. The highest BCUT2D eigenvalue weighted by Gasteiger charge is 2.20. The Hall–Kier alpha value is -0.900. The lowest BCUT2D eigenvalue weighted by molar-refractivity contribution is -0.151. The first kappa shape index (κ1) is 11.2. The normalized spacial score (nSPS) is 15.6. The van der Waals surface area contributed by atoms with E-state index in [2.05, 4.69) is 20.7 Å². The zero-order valence-electron chi connectivity index (χ0n) is 7.88. The largest absolute Gasteiger partial charge is 0.460 e. The number of ketones is 1. The van der Waals surface area contributed by atoms with Gasteiger partial charge in [0.1, 0.15) is 0 Å². The maximum Gasteiger partial charge on any atom is 0.379 e. The average molecular weight is 259 g/mol. The van der Waals surface area contributed by atoms with Gasteiger partial charge in [-0.05, 0) is 24.2 Å². The van der Waals surface area contributed by atoms with Gasteiger partial charge in [-0.25, -0.2) is 4.79 Å². The fourth-order valence-electron chi connectivity index (χ4n) is 1.13. The van der Waals surface area contributed by atoms with Crippen molar-refractivity contribution in [3.05, 3.63) is 22.2 Å². The number of ether oxygens (including phenoxy) is 1. The van der Waals surface area contributed by atoms with Crippen LogP contribution in [0.2, 0.25) is 0 Å². The van der Waals surface area contributed by atoms with Crippen molar-refractivity contribution in [3.8, 4) is 0 Å². The summed E-state index contributed by atoms with van der Waals surface area (Å²) in [5.74, 6) is -1.28. The molecule has 0 aromatic carbocycles. The number of halogens is 1. The van der Waals surface area contributed by atoms with E-state index in [-0.39, 0.29) is 6.61 Å². The maximum absolute atomic E-state index is 11.4. The van der Waals surface area contributed by atoms with Crippen molar-refractivity contribution in [3.63, 3.8) is 0 Å². The van der Waals surface area contributed by atoms with Crippen molar-refractivity contribution < 1.29 is 14.3 Å². The van der Waals surface area contributed by atoms with Crippen LogP contribution in [0.5, 0.6) is 0 Å². The summed E-state index contributed by atoms with van der Waals surface area (Å²) in [5.41, 5.74) is 0.520. The molecule has 0 saturated carbocycles. The van der Waals surface area contributed by atoms with Crippen molar-refractivity contribution in [2.75, 3.05) is 6.61 Å². The first-order valence-corrected chi connectivity index (χ1v) is 5.21. The Bertz CT molecular complexity index is 315. The maximum atomic E-state index is 11.4. The van der Waals surface area contributed by atoms with Gasteiger partial charge >= 0.3 is 5.97 Å². The van der Waals surface area contributed by atoms with Crippen molar-refractivity contribution >= 4 is 27.7 Å². The summed E-state index contributed by atoms with van der Waals surface area (Å²) in [6, 6.07) is 0. The highest BCUT2D eigenvalue weighted by Crippen LogP contribution is 2.23. The second-order valence-electron chi connectivity index (χ2n) is 2.86. The standard InChI is InChI=1S/C10H11BrO3/c1-2-14-10(13)9(12)7-3-5-8(11)6-4-7/h3,5H,2,4,6H2,1H3. The second kappa shape index (κ2) is 5.10. The summed E-state index contributed by atoms with van der Waals surface area (Å²) in [7, 11) is 0. The molecule has 0 aromatic rings. The van der Waals surface area contributed by atoms with Crippen LogP contribution in [-0.2, 0) is 14.3 Å². The van der Waals surface area contributed by atoms with Crippen molar-refractivity contribution in [1.29, 1.82) is 0 Å². The molecule has 14 heavy (non-hydrogen) atoms. The van der Waals surface area contributed by atoms with Crippen LogP contribution in [0.1, 0.15) is 19.8 Å². The predicted molar refractivity (Wildman–Crippen MR) is 56.0 cm³/mol. The van der Waals surface area contributed by atoms with E-state index in [1.807, 2.05) is 0 Å². The molecule has 3 nitrogen and oxygen atoms in total. The molecular formula is C10H11BrO3. The molecule has 0 N–H and O–H groups in total. The molecule has 0 spiro atoms. The van der Waals surface area contributed by atoms with Crippen molar-refractivity contribution in [1.82, 2.24) is 0 Å². The van der Waals surface area contributed by atoms with Crippen LogP contribution in [-0.4, -0.2) is 18.4 Å². The van der Waals surface area contributed by atoms with E-state index < -0.39 is 11.8 Å². The van der Waals surface area contributed by atoms with Crippen LogP contribution in [0.4, 0.5) is 0 Å². The van der Waals surface area contributed by atoms with Gasteiger partial charge in [-0.1, -0.05) is 28.1 Å². The van der Waals surface area contributed by atoms with E-state index in [9.17, 15) is 9.59 Å². The molecule has 0 saturated heterocycles. The molecule has 0 atom stereocenters. The summed E-state index contributed by atoms with van der Waals surface area (Å²) < 4.78 is 5.66. The van der Waals surface area contributed by atoms with Crippen LogP contribution < -0.4 is 0 Å². The molecule has 0 unspecified atom stereocenters. The lowest BCUT2D eigenvalue weighted by Crippen LogP contribution is -2.20. The third kappa shape index (κ3) is 2.80. The lowest BCUT2D eigenvalue weighted by Gasteiger charge is -2.08. The fraction of sp³-hybridized carbons (Fsp3) is 0.400. The second-order valence-corrected chi connectivity index (χ2v) is 3.87. The number of carbonyl (C=O) groups excluding carboxylic acids is 2. The van der Waals surface area contributed by atoms with Crippen LogP contribution in [0.25, 0.3) is 0 Å². The van der Waals surface area contributed by atoms with E-state index in [0.717, 1.165) is 10.9 Å². The Morgan fingerprint density at radius 1 is 1.43 bits per heavy atom. The third-order valence-corrected chi connectivity index (χ3v) is 2.51. The zero-order valence-corrected chi connectivity index (χ0v) is 9.46. The summed E-state index contributed by atoms with van der Waals surface area (Å²) in [4.78, 5) is 22.5. The van der Waals surface area contributed by atoms with Gasteiger partial charge in [0.15, 0.2) is 0 Å². The van der Waals surface area contributed by atoms with Gasteiger partial charge in [0, 0.05) is 5.57 Å². The highest BCUT2D eigenvalue weighted by atomic mass is 79.9. The molecule has 0 bridgehead atoms. The summed E-state index contributed by atoms with van der Waals surface area (Å²) in [6.07, 6.45) is 4.80. The Kier molecular flexibility index (Phi) is 4.07. The number of carbonyl (C=O) groups is 2. The Labute approximate surface area is 90.9 Å². The zero-order chi connectivity index (χ0) is 10.6. The number of hydrogen-bond acceptors (Lipinski definition) is 3. The van der Waals surface area contributed by atoms with Gasteiger partial charge in [-0.2, -0.15) is 0 Å². The van der Waals surface area contributed by atoms with Crippen molar-refractivity contribution in [2.45, 2.75) is 19.8 Å². The summed E-state index contributed by atoms with van der Waals surface area (Å²) >= 11 is 3.32. The van der Waals surface area contributed by atoms with Crippen LogP contribution in [0, 0.1) is 0 Å². The van der Waals surface area contributed by atoms with Gasteiger partial charge in [0.25, 0.3) is 5.78 Å². The van der Waals surface area contributed by atoms with E-state index in [1.54, 1.807) is 19.1 Å². The monoisotopic (exact) mass is 258 g/mol. The minimum atomic E-state index is -0.759. The molecular weight excluding hydrogens is 248 g/mol. The summed E-state index contributed by atoms with van der Waals surface area (Å²) in [6.45, 7) is 1.91. The van der Waals surface area contributed by atoms with Crippen LogP contribution >= 0.6 is 15.9 Å². The minimum Gasteiger partial charge on any atom is -0.460 e. The molecule has 1 aliphatic rings. The first-order valence-electron chi connectivity index (χ1n) is 4.41. The van der Waals surface area contributed by atoms with Crippen LogP contribution in [0.15, 0.2) is 22.2 Å². The smallest absolute Gasteiger partial charge is 0.379 e. The van der Waals surface area contributed by atoms with Gasteiger partial charge < -0.3 is 4.74 Å². The molecule has 0 aliphatic heterocycles. The number of Topliss-reactive ketones (excluding diaryl/α,β-unsaturated/α-hetero) is 1. The van der Waals surface area contributed by atoms with Gasteiger partial charge in [-0.15, -0.1) is 0 Å². The van der Waals surface area contributed by atoms with E-state index in [1.165, 1.54) is 0 Å². The molecule has 0 heterocycles. The Morgan fingerprint density at radius 3 is 2.64 bits per heavy atom. The number of hydrogen-bond donors (Lipinski definition) is 0. The van der Waals surface area contributed by atoms with Crippen molar-refractivity contribution in [2.24, 2.45) is 0 Å². The molecule has 0 radical (unpaired) electrons. The summed E-state index contributed by atoms with van der Waals surface area (Å²) in [5, 5.41) is 0. The van der Waals surface area contributed by atoms with Gasteiger partial charge in [0.05, 0.1) is 6.61 Å². The SMILES string of the molecule is CCOC(=O)C(=O)C1=CC=C(Br)CC1. The first-order chi connectivity index (χ1) is 6.65. The molecule has 0 fully saturated rings. The molecule has 1 rings (SSSR count). The average Bonchev–Trinajstić information content (AvgIpc) is 2.18. The van der Waals surface area contributed by atoms with Gasteiger partial charge in [-0.3, -0.25) is 4.79 Å². The van der Waals surface area contributed by atoms with E-state index >= 15 is 0 Å². The van der Waals surface area contributed by atoms with E-state index in [4.69, 9.17) is 0 Å². The minimum absolute atomic E-state index is 0.234. The van der Waals surface area contributed by atoms with E-state index in [0.29, 0.717) is 12.0 Å². The highest BCUT2D eigenvalue weighted by molar-refractivity contribution is 9.11. The predicted octanol–water partition coefficient (Wildman–Crippen LogP) is 2.12.